The Kier molecular flexibility index (Phi) is 4.94. The zero-order valence-corrected chi connectivity index (χ0v) is 14.6. The highest BCUT2D eigenvalue weighted by Gasteiger charge is 2.37. The molecule has 128 valence electrons. The number of rotatable bonds is 5. The fraction of sp³-hybridized carbons (Fsp3) is 0.500. The summed E-state index contributed by atoms with van der Waals surface area (Å²) in [6.45, 7) is 4.24. The smallest absolute Gasteiger partial charge is 0.224 e. The maximum atomic E-state index is 12.6. The van der Waals surface area contributed by atoms with Gasteiger partial charge in [-0.05, 0) is 26.6 Å². The minimum atomic E-state index is 0.187. The quantitative estimate of drug-likeness (QED) is 0.836. The van der Waals surface area contributed by atoms with Crippen LogP contribution < -0.4 is 0 Å². The predicted octanol–water partition coefficient (Wildman–Crippen LogP) is 1.53. The van der Waals surface area contributed by atoms with Gasteiger partial charge in [0, 0.05) is 31.5 Å². The second-order valence-electron chi connectivity index (χ2n) is 6.76. The van der Waals surface area contributed by atoms with Gasteiger partial charge in [-0.15, -0.1) is 0 Å². The summed E-state index contributed by atoms with van der Waals surface area (Å²) in [5.74, 6) is 0.544. The van der Waals surface area contributed by atoms with E-state index in [1.165, 1.54) is 17.5 Å². The van der Waals surface area contributed by atoms with Gasteiger partial charge in [0.2, 0.25) is 5.91 Å². The molecule has 0 spiro atoms. The van der Waals surface area contributed by atoms with Gasteiger partial charge in [0.25, 0.3) is 0 Å². The molecule has 6 heteroatoms. The van der Waals surface area contributed by atoms with Gasteiger partial charge in [-0.3, -0.25) is 9.48 Å². The van der Waals surface area contributed by atoms with Crippen molar-refractivity contribution in [2.45, 2.75) is 31.8 Å². The molecule has 6 nitrogen and oxygen atoms in total. The third-order valence-corrected chi connectivity index (χ3v) is 4.83. The van der Waals surface area contributed by atoms with E-state index >= 15 is 0 Å². The van der Waals surface area contributed by atoms with Crippen LogP contribution in [-0.4, -0.2) is 63.7 Å². The highest BCUT2D eigenvalue weighted by atomic mass is 16.2. The summed E-state index contributed by atoms with van der Waals surface area (Å²) in [5.41, 5.74) is 2.57. The van der Waals surface area contributed by atoms with Crippen LogP contribution in [0.15, 0.2) is 36.9 Å². The van der Waals surface area contributed by atoms with Crippen molar-refractivity contribution in [2.24, 2.45) is 0 Å². The molecule has 24 heavy (non-hydrogen) atoms. The highest BCUT2D eigenvalue weighted by Crippen LogP contribution is 2.30. The first-order valence-corrected chi connectivity index (χ1v) is 8.38. The van der Waals surface area contributed by atoms with Crippen LogP contribution in [0.3, 0.4) is 0 Å². The second kappa shape index (κ2) is 7.13. The van der Waals surface area contributed by atoms with Gasteiger partial charge in [0.1, 0.15) is 12.7 Å². The van der Waals surface area contributed by atoms with E-state index in [0.29, 0.717) is 24.9 Å². The van der Waals surface area contributed by atoms with Crippen LogP contribution in [0.25, 0.3) is 0 Å². The normalized spacial score (nSPS) is 20.8. The van der Waals surface area contributed by atoms with E-state index < -0.39 is 0 Å². The third kappa shape index (κ3) is 3.64. The van der Waals surface area contributed by atoms with Gasteiger partial charge in [-0.2, -0.15) is 5.10 Å². The third-order valence-electron chi connectivity index (χ3n) is 4.83. The average molecular weight is 327 g/mol. The van der Waals surface area contributed by atoms with E-state index in [9.17, 15) is 4.79 Å². The highest BCUT2D eigenvalue weighted by molar-refractivity contribution is 5.76. The molecule has 1 saturated heterocycles. The lowest BCUT2D eigenvalue weighted by atomic mass is 9.93. The first-order chi connectivity index (χ1) is 11.5. The number of amides is 1. The molecule has 1 amide bonds. The Morgan fingerprint density at radius 2 is 2.00 bits per heavy atom. The molecule has 0 saturated carbocycles. The Morgan fingerprint density at radius 3 is 2.62 bits per heavy atom. The maximum absolute atomic E-state index is 12.6. The van der Waals surface area contributed by atoms with Crippen molar-refractivity contribution >= 4 is 5.91 Å². The van der Waals surface area contributed by atoms with Crippen LogP contribution in [0.2, 0.25) is 0 Å². The Bertz CT molecular complexity index is 665. The van der Waals surface area contributed by atoms with Crippen LogP contribution in [0, 0.1) is 6.92 Å². The second-order valence-corrected chi connectivity index (χ2v) is 6.76. The summed E-state index contributed by atoms with van der Waals surface area (Å²) in [5, 5.41) is 4.06. The van der Waals surface area contributed by atoms with Gasteiger partial charge < -0.3 is 9.80 Å². The van der Waals surface area contributed by atoms with Gasteiger partial charge in [-0.25, -0.2) is 4.98 Å². The first kappa shape index (κ1) is 16.6. The molecule has 1 aliphatic rings. The van der Waals surface area contributed by atoms with E-state index in [4.69, 9.17) is 0 Å². The van der Waals surface area contributed by atoms with E-state index in [2.05, 4.69) is 60.3 Å². The van der Waals surface area contributed by atoms with Crippen molar-refractivity contribution in [3.05, 3.63) is 48.0 Å². The molecule has 1 fully saturated rings. The minimum absolute atomic E-state index is 0.187. The summed E-state index contributed by atoms with van der Waals surface area (Å²) in [6, 6.07) is 9.04. The van der Waals surface area contributed by atoms with Crippen molar-refractivity contribution < 1.29 is 4.79 Å². The molecule has 1 aromatic heterocycles. The fourth-order valence-electron chi connectivity index (χ4n) is 3.37. The van der Waals surface area contributed by atoms with Crippen LogP contribution >= 0.6 is 0 Å². The number of benzene rings is 1. The Hall–Kier alpha value is -2.21. The summed E-state index contributed by atoms with van der Waals surface area (Å²) in [6.07, 6.45) is 3.61. The molecule has 1 aliphatic heterocycles. The van der Waals surface area contributed by atoms with Crippen LogP contribution in [-0.2, 0) is 11.3 Å². The van der Waals surface area contributed by atoms with E-state index in [0.717, 1.165) is 13.1 Å². The summed E-state index contributed by atoms with van der Waals surface area (Å²) >= 11 is 0. The Labute approximate surface area is 143 Å². The topological polar surface area (TPSA) is 54.3 Å². The number of carbonyl (C=O) groups is 1. The number of aryl methyl sites for hydroxylation is 2. The zero-order chi connectivity index (χ0) is 17.1. The first-order valence-electron chi connectivity index (χ1n) is 8.38. The van der Waals surface area contributed by atoms with E-state index in [-0.39, 0.29) is 5.91 Å². The van der Waals surface area contributed by atoms with E-state index in [1.54, 1.807) is 11.0 Å². The molecule has 0 bridgehead atoms. The lowest BCUT2D eigenvalue weighted by Crippen LogP contribution is -2.36. The SMILES string of the molecule is Cc1ccc([C@@H]2CN(C(=O)CCn3cncn3)C[C@H]2N(C)C)cc1. The molecular weight excluding hydrogens is 302 g/mol. The summed E-state index contributed by atoms with van der Waals surface area (Å²) in [7, 11) is 4.19. The van der Waals surface area contributed by atoms with Crippen molar-refractivity contribution in [3.8, 4) is 0 Å². The van der Waals surface area contributed by atoms with Crippen LogP contribution in [0.4, 0.5) is 0 Å². The standard InChI is InChI=1S/C18H25N5O/c1-14-4-6-15(7-5-14)16-10-22(11-17(16)21(2)3)18(24)8-9-23-13-19-12-20-23/h4-7,12-13,16-17H,8-11H2,1-3H3/t16-,17+/m0/s1. The van der Waals surface area contributed by atoms with E-state index in [1.807, 2.05) is 4.90 Å². The molecule has 0 radical (unpaired) electrons. The molecule has 2 atom stereocenters. The van der Waals surface area contributed by atoms with Crippen LogP contribution in [0.1, 0.15) is 23.5 Å². The number of nitrogens with zero attached hydrogens (tertiary/aromatic N) is 5. The Morgan fingerprint density at radius 1 is 1.25 bits per heavy atom. The molecule has 0 unspecified atom stereocenters. The van der Waals surface area contributed by atoms with Crippen molar-refractivity contribution in [1.29, 1.82) is 0 Å². The fourth-order valence-corrected chi connectivity index (χ4v) is 3.37. The number of likely N-dealkylation sites (N-methyl/N-ethyl adjacent to an activating group) is 1. The van der Waals surface area contributed by atoms with Gasteiger partial charge in [0.05, 0.1) is 6.54 Å². The average Bonchev–Trinajstić information content (AvgIpc) is 3.23. The molecule has 3 rings (SSSR count). The van der Waals surface area contributed by atoms with Gasteiger partial charge >= 0.3 is 0 Å². The number of likely N-dealkylation sites (tertiary alicyclic amines) is 1. The van der Waals surface area contributed by atoms with Gasteiger partial charge in [0.15, 0.2) is 0 Å². The zero-order valence-electron chi connectivity index (χ0n) is 14.6. The Balaban J connectivity index is 1.67. The van der Waals surface area contributed by atoms with Crippen molar-refractivity contribution in [1.82, 2.24) is 24.6 Å². The molecule has 0 aliphatic carbocycles. The minimum Gasteiger partial charge on any atom is -0.340 e. The molecule has 0 N–H and O–H groups in total. The monoisotopic (exact) mass is 327 g/mol. The van der Waals surface area contributed by atoms with Crippen molar-refractivity contribution in [2.75, 3.05) is 27.2 Å². The molecule has 2 heterocycles. The molecular formula is C18H25N5O. The number of carbonyl (C=O) groups excluding carboxylic acids is 1. The lowest BCUT2D eigenvalue weighted by molar-refractivity contribution is -0.130. The van der Waals surface area contributed by atoms with Crippen molar-refractivity contribution in [3.63, 3.8) is 0 Å². The number of aromatic nitrogens is 3. The van der Waals surface area contributed by atoms with Gasteiger partial charge in [-0.1, -0.05) is 29.8 Å². The predicted molar refractivity (Wildman–Crippen MR) is 92.6 cm³/mol. The summed E-state index contributed by atoms with van der Waals surface area (Å²) < 4.78 is 1.70. The number of hydrogen-bond acceptors (Lipinski definition) is 4. The molecule has 1 aromatic carbocycles. The maximum Gasteiger partial charge on any atom is 0.224 e. The summed E-state index contributed by atoms with van der Waals surface area (Å²) in [4.78, 5) is 20.7. The number of hydrogen-bond donors (Lipinski definition) is 0. The lowest BCUT2D eigenvalue weighted by Gasteiger charge is -2.25. The largest absolute Gasteiger partial charge is 0.340 e. The van der Waals surface area contributed by atoms with Crippen LogP contribution in [0.5, 0.6) is 0 Å². The molecule has 2 aromatic rings.